The number of aryl methyl sites for hydroxylation is 2. The van der Waals surface area contributed by atoms with E-state index in [0.717, 1.165) is 16.8 Å². The van der Waals surface area contributed by atoms with Crippen molar-refractivity contribution in [3.63, 3.8) is 0 Å². The van der Waals surface area contributed by atoms with Crippen molar-refractivity contribution in [3.05, 3.63) is 71.7 Å². The van der Waals surface area contributed by atoms with E-state index in [0.29, 0.717) is 0 Å². The van der Waals surface area contributed by atoms with E-state index in [-0.39, 0.29) is 11.4 Å². The first-order chi connectivity index (χ1) is 13.3. The first-order valence-electron chi connectivity index (χ1n) is 8.82. The zero-order valence-electron chi connectivity index (χ0n) is 15.9. The lowest BCUT2D eigenvalue weighted by Crippen LogP contribution is -2.41. The summed E-state index contributed by atoms with van der Waals surface area (Å²) in [6.07, 6.45) is 0. The second kappa shape index (κ2) is 8.04. The standard InChI is InChI=1S/C21H21FN4O2/c1-13-8-10-15(11-9-13)19-12-18(25-26(19)3)21(28)23-14(2)20(27)24-17-7-5-4-6-16(17)22/h4-12,14H,1-3H3,(H,23,28)(H,24,27). The van der Waals surface area contributed by atoms with Gasteiger partial charge < -0.3 is 10.6 Å². The molecule has 1 heterocycles. The van der Waals surface area contributed by atoms with Crippen molar-refractivity contribution < 1.29 is 14.0 Å². The Hall–Kier alpha value is -3.48. The van der Waals surface area contributed by atoms with Crippen molar-refractivity contribution in [1.82, 2.24) is 15.1 Å². The summed E-state index contributed by atoms with van der Waals surface area (Å²) in [6.45, 7) is 3.53. The van der Waals surface area contributed by atoms with Crippen LogP contribution in [-0.4, -0.2) is 27.6 Å². The molecule has 0 fully saturated rings. The number of nitrogens with one attached hydrogen (secondary N) is 2. The number of anilines is 1. The van der Waals surface area contributed by atoms with Gasteiger partial charge in [-0.3, -0.25) is 14.3 Å². The van der Waals surface area contributed by atoms with Crippen LogP contribution >= 0.6 is 0 Å². The van der Waals surface area contributed by atoms with Gasteiger partial charge in [0.1, 0.15) is 11.9 Å². The summed E-state index contributed by atoms with van der Waals surface area (Å²) in [5, 5.41) is 9.28. The van der Waals surface area contributed by atoms with Crippen molar-refractivity contribution in [3.8, 4) is 11.3 Å². The summed E-state index contributed by atoms with van der Waals surface area (Å²) in [5.74, 6) is -1.54. The molecule has 0 saturated carbocycles. The molecule has 28 heavy (non-hydrogen) atoms. The lowest BCUT2D eigenvalue weighted by atomic mass is 10.1. The van der Waals surface area contributed by atoms with Crippen LogP contribution in [0.4, 0.5) is 10.1 Å². The minimum atomic E-state index is -0.864. The molecule has 6 nitrogen and oxygen atoms in total. The summed E-state index contributed by atoms with van der Waals surface area (Å²) in [6, 6.07) is 14.5. The number of hydrogen-bond donors (Lipinski definition) is 2. The molecule has 0 aliphatic rings. The van der Waals surface area contributed by atoms with Crippen LogP contribution in [0.15, 0.2) is 54.6 Å². The van der Waals surface area contributed by atoms with Gasteiger partial charge in [0, 0.05) is 7.05 Å². The molecular formula is C21H21FN4O2. The van der Waals surface area contributed by atoms with Gasteiger partial charge in [0.15, 0.2) is 5.69 Å². The van der Waals surface area contributed by atoms with E-state index in [1.54, 1.807) is 23.9 Å². The Morgan fingerprint density at radius 3 is 2.46 bits per heavy atom. The Bertz CT molecular complexity index is 1010. The largest absolute Gasteiger partial charge is 0.339 e. The maximum atomic E-state index is 13.7. The van der Waals surface area contributed by atoms with Gasteiger partial charge in [-0.25, -0.2) is 4.39 Å². The van der Waals surface area contributed by atoms with Crippen LogP contribution in [0.1, 0.15) is 23.0 Å². The summed E-state index contributed by atoms with van der Waals surface area (Å²) >= 11 is 0. The maximum absolute atomic E-state index is 13.7. The molecular weight excluding hydrogens is 359 g/mol. The first kappa shape index (κ1) is 19.3. The highest BCUT2D eigenvalue weighted by Crippen LogP contribution is 2.20. The molecule has 0 spiro atoms. The number of halogens is 1. The molecule has 1 unspecified atom stereocenters. The number of hydrogen-bond acceptors (Lipinski definition) is 3. The number of amides is 2. The van der Waals surface area contributed by atoms with Crippen molar-refractivity contribution in [1.29, 1.82) is 0 Å². The van der Waals surface area contributed by atoms with Gasteiger partial charge in [-0.1, -0.05) is 42.0 Å². The Labute approximate surface area is 162 Å². The topological polar surface area (TPSA) is 76.0 Å². The number of rotatable bonds is 5. The van der Waals surface area contributed by atoms with Crippen LogP contribution < -0.4 is 10.6 Å². The number of carbonyl (C=O) groups is 2. The quantitative estimate of drug-likeness (QED) is 0.713. The maximum Gasteiger partial charge on any atom is 0.272 e. The number of para-hydroxylation sites is 1. The van der Waals surface area contributed by atoms with Crippen molar-refractivity contribution in [2.45, 2.75) is 19.9 Å². The smallest absolute Gasteiger partial charge is 0.272 e. The predicted molar refractivity (Wildman–Crippen MR) is 105 cm³/mol. The predicted octanol–water partition coefficient (Wildman–Crippen LogP) is 3.29. The van der Waals surface area contributed by atoms with Crippen LogP contribution in [0.5, 0.6) is 0 Å². The minimum absolute atomic E-state index is 0.0630. The normalized spacial score (nSPS) is 11.7. The molecule has 144 valence electrons. The van der Waals surface area contributed by atoms with Crippen LogP contribution in [0, 0.1) is 12.7 Å². The molecule has 7 heteroatoms. The van der Waals surface area contributed by atoms with E-state index in [2.05, 4.69) is 15.7 Å². The fourth-order valence-electron chi connectivity index (χ4n) is 2.71. The molecule has 0 aliphatic carbocycles. The number of benzene rings is 2. The summed E-state index contributed by atoms with van der Waals surface area (Å²) in [4.78, 5) is 24.7. The van der Waals surface area contributed by atoms with Gasteiger partial charge in [0.2, 0.25) is 5.91 Å². The third kappa shape index (κ3) is 4.25. The number of nitrogens with zero attached hydrogens (tertiary/aromatic N) is 2. The summed E-state index contributed by atoms with van der Waals surface area (Å²) in [7, 11) is 1.75. The van der Waals surface area contributed by atoms with Crippen LogP contribution in [0.3, 0.4) is 0 Å². The van der Waals surface area contributed by atoms with Gasteiger partial charge in [-0.2, -0.15) is 5.10 Å². The lowest BCUT2D eigenvalue weighted by Gasteiger charge is -2.13. The molecule has 1 atom stereocenters. The zero-order chi connectivity index (χ0) is 20.3. The fraction of sp³-hybridized carbons (Fsp3) is 0.190. The Morgan fingerprint density at radius 1 is 1.11 bits per heavy atom. The van der Waals surface area contributed by atoms with E-state index in [4.69, 9.17) is 0 Å². The summed E-state index contributed by atoms with van der Waals surface area (Å²) < 4.78 is 15.3. The van der Waals surface area contributed by atoms with Gasteiger partial charge >= 0.3 is 0 Å². The average molecular weight is 380 g/mol. The lowest BCUT2D eigenvalue weighted by molar-refractivity contribution is -0.117. The molecule has 2 aromatic carbocycles. The average Bonchev–Trinajstić information content (AvgIpc) is 3.06. The Balaban J connectivity index is 1.69. The highest BCUT2D eigenvalue weighted by molar-refractivity contribution is 6.00. The van der Waals surface area contributed by atoms with E-state index in [1.165, 1.54) is 25.1 Å². The Morgan fingerprint density at radius 2 is 1.79 bits per heavy atom. The second-order valence-electron chi connectivity index (χ2n) is 6.57. The highest BCUT2D eigenvalue weighted by Gasteiger charge is 2.20. The minimum Gasteiger partial charge on any atom is -0.339 e. The van der Waals surface area contributed by atoms with Crippen molar-refractivity contribution in [2.24, 2.45) is 7.05 Å². The molecule has 2 N–H and O–H groups in total. The molecule has 0 bridgehead atoms. The monoisotopic (exact) mass is 380 g/mol. The van der Waals surface area contributed by atoms with E-state index in [1.807, 2.05) is 31.2 Å². The molecule has 0 saturated heterocycles. The van der Waals surface area contributed by atoms with Gasteiger partial charge in [-0.05, 0) is 37.6 Å². The molecule has 3 rings (SSSR count). The molecule has 0 radical (unpaired) electrons. The molecule has 0 aliphatic heterocycles. The summed E-state index contributed by atoms with van der Waals surface area (Å²) in [5.41, 5.74) is 3.12. The third-order valence-corrected chi connectivity index (χ3v) is 4.33. The molecule has 3 aromatic rings. The van der Waals surface area contributed by atoms with Crippen LogP contribution in [0.2, 0.25) is 0 Å². The molecule has 1 aromatic heterocycles. The van der Waals surface area contributed by atoms with Gasteiger partial charge in [0.25, 0.3) is 5.91 Å². The van der Waals surface area contributed by atoms with E-state index < -0.39 is 23.7 Å². The van der Waals surface area contributed by atoms with Gasteiger partial charge in [-0.15, -0.1) is 0 Å². The van der Waals surface area contributed by atoms with Crippen molar-refractivity contribution >= 4 is 17.5 Å². The Kier molecular flexibility index (Phi) is 5.54. The van der Waals surface area contributed by atoms with Crippen LogP contribution in [-0.2, 0) is 11.8 Å². The molecule has 2 amide bonds. The van der Waals surface area contributed by atoms with E-state index >= 15 is 0 Å². The fourth-order valence-corrected chi connectivity index (χ4v) is 2.71. The first-order valence-corrected chi connectivity index (χ1v) is 8.82. The SMILES string of the molecule is Cc1ccc(-c2cc(C(=O)NC(C)C(=O)Nc3ccccc3F)nn2C)cc1. The van der Waals surface area contributed by atoms with Crippen LogP contribution in [0.25, 0.3) is 11.3 Å². The number of aromatic nitrogens is 2. The third-order valence-electron chi connectivity index (χ3n) is 4.33. The number of carbonyl (C=O) groups excluding carboxylic acids is 2. The van der Waals surface area contributed by atoms with E-state index in [9.17, 15) is 14.0 Å². The highest BCUT2D eigenvalue weighted by atomic mass is 19.1. The second-order valence-corrected chi connectivity index (χ2v) is 6.57. The zero-order valence-corrected chi connectivity index (χ0v) is 15.9. The van der Waals surface area contributed by atoms with Gasteiger partial charge in [0.05, 0.1) is 11.4 Å². The van der Waals surface area contributed by atoms with Crippen molar-refractivity contribution in [2.75, 3.05) is 5.32 Å².